The number of halogens is 3. The van der Waals surface area contributed by atoms with Gasteiger partial charge in [0.25, 0.3) is 0 Å². The number of rotatable bonds is 0. The molecule has 0 amide bonds. The zero-order valence-corrected chi connectivity index (χ0v) is 13.1. The molecule has 0 atom stereocenters. The van der Waals surface area contributed by atoms with Crippen LogP contribution in [0.1, 0.15) is 0 Å². The van der Waals surface area contributed by atoms with E-state index in [0.717, 1.165) is 0 Å². The molecule has 1 N–H and O–H groups in total. The zero-order valence-electron chi connectivity index (χ0n) is 6.68. The molecule has 4 heteroatoms. The Morgan fingerprint density at radius 2 is 1.62 bits per heavy atom. The van der Waals surface area contributed by atoms with Crippen molar-refractivity contribution in [3.63, 3.8) is 0 Å². The molecule has 1 aromatic carbocycles. The van der Waals surface area contributed by atoms with Crippen LogP contribution in [0.3, 0.4) is 0 Å². The summed E-state index contributed by atoms with van der Waals surface area (Å²) in [4.78, 5) is 3.15. The second kappa shape index (κ2) is 7.16. The molecule has 13 heavy (non-hydrogen) atoms. The van der Waals surface area contributed by atoms with Crippen LogP contribution in [-0.4, -0.2) is 0 Å². The predicted molar refractivity (Wildman–Crippen MR) is 68.5 cm³/mol. The van der Waals surface area contributed by atoms with Crippen molar-refractivity contribution in [2.45, 2.75) is 0 Å². The molecule has 0 saturated heterocycles. The number of hydrogen-bond acceptors (Lipinski definition) is 0. The van der Waals surface area contributed by atoms with Crippen molar-refractivity contribution in [3.8, 4) is 0 Å². The molecular weight excluding hydrogens is 503 g/mol. The molecular formula is C9H8I3N. The van der Waals surface area contributed by atoms with Gasteiger partial charge in [-0.25, -0.2) is 4.98 Å². The molecule has 0 fully saturated rings. The Morgan fingerprint density at radius 3 is 2.31 bits per heavy atom. The maximum absolute atomic E-state index is 3.15. The summed E-state index contributed by atoms with van der Waals surface area (Å²) < 4.78 is 0. The number of para-hydroxylation sites is 1. The molecule has 0 bridgehead atoms. The van der Waals surface area contributed by atoms with Gasteiger partial charge in [-0.2, -0.15) is 0 Å². The third-order valence-electron chi connectivity index (χ3n) is 1.57. The molecule has 0 aliphatic heterocycles. The van der Waals surface area contributed by atoms with Crippen molar-refractivity contribution < 1.29 is 18.2 Å². The van der Waals surface area contributed by atoms with Gasteiger partial charge in [-0.3, -0.25) is 0 Å². The minimum atomic E-state index is 0.530. The van der Waals surface area contributed by atoms with E-state index in [2.05, 4.69) is 60.4 Å². The average Bonchev–Trinajstić information content (AvgIpc) is 2.19. The molecule has 0 saturated carbocycles. The van der Waals surface area contributed by atoms with E-state index in [0.29, 0.717) is 13.3 Å². The van der Waals surface area contributed by atoms with Crippen LogP contribution in [0.2, 0.25) is 0 Å². The normalized spacial score (nSPS) is 9.38. The molecule has 0 unspecified atom stereocenters. The van der Waals surface area contributed by atoms with Gasteiger partial charge >= 0.3 is 50.5 Å². The Labute approximate surface area is 107 Å². The largest absolute Gasteiger partial charge is 0.211 e. The average molecular weight is 511 g/mol. The second-order valence-corrected chi connectivity index (χ2v) is 18.6. The summed E-state index contributed by atoms with van der Waals surface area (Å²) in [6.45, 7) is 0. The Bertz CT molecular complexity index is 299. The van der Waals surface area contributed by atoms with E-state index in [-0.39, 0.29) is 0 Å². The fraction of sp³-hybridized carbons (Fsp3) is 0. The van der Waals surface area contributed by atoms with Crippen molar-refractivity contribution in [1.82, 2.24) is 0 Å². The van der Waals surface area contributed by atoms with Gasteiger partial charge in [-0.15, -0.1) is 0 Å². The van der Waals surface area contributed by atoms with Crippen molar-refractivity contribution in [2.24, 2.45) is 0 Å². The van der Waals surface area contributed by atoms with E-state index in [4.69, 9.17) is 0 Å². The van der Waals surface area contributed by atoms with Crippen molar-refractivity contribution in [3.05, 3.63) is 42.6 Å². The maximum Gasteiger partial charge on any atom is 0.210 e. The summed E-state index contributed by atoms with van der Waals surface area (Å²) in [5, 5.41) is 1.25. The number of aromatic nitrogens is 1. The first-order valence-corrected chi connectivity index (χ1v) is 16.2. The Kier molecular flexibility index (Phi) is 6.55. The van der Waals surface area contributed by atoms with Gasteiger partial charge in [0, 0.05) is 17.5 Å². The van der Waals surface area contributed by atoms with Crippen LogP contribution in [0.5, 0.6) is 0 Å². The van der Waals surface area contributed by atoms with E-state index < -0.39 is 0 Å². The first-order chi connectivity index (χ1) is 6.38. The van der Waals surface area contributed by atoms with E-state index in [1.54, 1.807) is 0 Å². The number of pyridine rings is 1. The summed E-state index contributed by atoms with van der Waals surface area (Å²) in [6.07, 6.45) is 1.93. The molecule has 0 radical (unpaired) electrons. The molecule has 0 aliphatic rings. The van der Waals surface area contributed by atoms with E-state index in [1.165, 1.54) is 10.9 Å². The van der Waals surface area contributed by atoms with Gasteiger partial charge < -0.3 is 0 Å². The van der Waals surface area contributed by atoms with Gasteiger partial charge in [-0.1, -0.05) is 12.1 Å². The SMILES string of the molecule is I[I-]I.c1ccc2[nH+]cccc2c1. The standard InChI is InChI=1S/C9H7N.I3/c1-2-6-9-8(4-1)5-3-7-10-9;1-3-2/h1-7H;/q;-1/p+1. The van der Waals surface area contributed by atoms with E-state index in [9.17, 15) is 0 Å². The molecule has 0 spiro atoms. The molecule has 1 nitrogen and oxygen atoms in total. The first-order valence-electron chi connectivity index (χ1n) is 3.61. The van der Waals surface area contributed by atoms with Crippen LogP contribution in [-0.2, 0) is 0 Å². The van der Waals surface area contributed by atoms with Gasteiger partial charge in [0.05, 0.1) is 0 Å². The first kappa shape index (κ1) is 11.9. The molecule has 1 heterocycles. The number of benzene rings is 1. The van der Waals surface area contributed by atoms with Crippen LogP contribution in [0.15, 0.2) is 42.6 Å². The molecule has 70 valence electrons. The number of fused-ring (bicyclic) bond motifs is 1. The predicted octanol–water partition coefficient (Wildman–Crippen LogP) is 0.429. The minimum absolute atomic E-state index is 0.530. The maximum atomic E-state index is 3.15. The van der Waals surface area contributed by atoms with Gasteiger partial charge in [0.1, 0.15) is 0 Å². The van der Waals surface area contributed by atoms with Gasteiger partial charge in [0.15, 0.2) is 6.20 Å². The smallest absolute Gasteiger partial charge is 0.210 e. The van der Waals surface area contributed by atoms with Crippen molar-refractivity contribution >= 4 is 48.1 Å². The Morgan fingerprint density at radius 1 is 1.00 bits per heavy atom. The van der Waals surface area contributed by atoms with Crippen LogP contribution in [0.25, 0.3) is 10.9 Å². The Balaban J connectivity index is 0.000000251. The van der Waals surface area contributed by atoms with E-state index >= 15 is 0 Å². The van der Waals surface area contributed by atoms with E-state index in [1.807, 2.05) is 24.4 Å². The number of aromatic amines is 1. The zero-order chi connectivity index (χ0) is 9.52. The van der Waals surface area contributed by atoms with Crippen LogP contribution in [0.4, 0.5) is 0 Å². The van der Waals surface area contributed by atoms with Crippen LogP contribution >= 0.6 is 37.2 Å². The monoisotopic (exact) mass is 511 g/mol. The summed E-state index contributed by atoms with van der Waals surface area (Å²) in [5.74, 6) is 0. The van der Waals surface area contributed by atoms with Crippen LogP contribution < -0.4 is 18.2 Å². The molecule has 2 rings (SSSR count). The fourth-order valence-electron chi connectivity index (χ4n) is 1.06. The Hall–Kier alpha value is 0.820. The van der Waals surface area contributed by atoms with Crippen LogP contribution in [0, 0.1) is 0 Å². The van der Waals surface area contributed by atoms with Crippen molar-refractivity contribution in [1.29, 1.82) is 0 Å². The number of H-pyrrole nitrogens is 1. The topological polar surface area (TPSA) is 14.1 Å². The summed E-state index contributed by atoms with van der Waals surface area (Å²) >= 11 is 5.30. The third-order valence-corrected chi connectivity index (χ3v) is 1.57. The quantitative estimate of drug-likeness (QED) is 0.457. The number of nitrogens with one attached hydrogen (secondary N) is 1. The second-order valence-electron chi connectivity index (χ2n) is 2.31. The summed E-state index contributed by atoms with van der Waals surface area (Å²) in [7, 11) is 0. The molecule has 0 aliphatic carbocycles. The van der Waals surface area contributed by atoms with Crippen molar-refractivity contribution in [2.75, 3.05) is 0 Å². The summed E-state index contributed by atoms with van der Waals surface area (Å²) in [5.41, 5.74) is 1.19. The van der Waals surface area contributed by atoms with Gasteiger partial charge in [0.2, 0.25) is 5.52 Å². The minimum Gasteiger partial charge on any atom is -0.211 e. The number of hydrogen-bond donors (Lipinski definition) is 0. The third kappa shape index (κ3) is 4.24. The fourth-order valence-corrected chi connectivity index (χ4v) is 1.06. The summed E-state index contributed by atoms with van der Waals surface area (Å²) in [6, 6.07) is 12.3. The van der Waals surface area contributed by atoms with Gasteiger partial charge in [-0.05, 0) is 12.1 Å². The molecule has 1 aromatic heterocycles. The molecule has 2 aromatic rings.